The standard InChI is InChI=1S/C18H15N3O3S2/c1-11-17(10-16(25-11)18-19-12(2)24-20-18)26(22,23)21-15-9-5-7-13-6-3-4-8-14(13)15/h3-10,21H,1-2H3. The molecule has 0 unspecified atom stereocenters. The van der Waals surface area contributed by atoms with Crippen LogP contribution >= 0.6 is 11.3 Å². The highest BCUT2D eigenvalue weighted by molar-refractivity contribution is 7.93. The molecule has 0 aliphatic rings. The highest BCUT2D eigenvalue weighted by Crippen LogP contribution is 2.34. The number of nitrogens with one attached hydrogen (secondary N) is 1. The van der Waals surface area contributed by atoms with Crippen molar-refractivity contribution in [3.63, 3.8) is 0 Å². The molecule has 0 spiro atoms. The minimum atomic E-state index is -3.74. The summed E-state index contributed by atoms with van der Waals surface area (Å²) in [6, 6.07) is 14.7. The molecule has 2 aromatic heterocycles. The van der Waals surface area contributed by atoms with Crippen LogP contribution in [-0.2, 0) is 10.0 Å². The molecule has 8 heteroatoms. The molecule has 0 bridgehead atoms. The second kappa shape index (κ2) is 6.22. The molecule has 0 atom stereocenters. The van der Waals surface area contributed by atoms with Crippen molar-refractivity contribution in [1.82, 2.24) is 10.1 Å². The Kier molecular flexibility index (Phi) is 4.01. The number of fused-ring (bicyclic) bond motifs is 1. The molecule has 0 amide bonds. The van der Waals surface area contributed by atoms with Crippen LogP contribution in [0.5, 0.6) is 0 Å². The third kappa shape index (κ3) is 2.97. The highest BCUT2D eigenvalue weighted by atomic mass is 32.2. The first-order valence-corrected chi connectivity index (χ1v) is 10.2. The Balaban J connectivity index is 1.74. The van der Waals surface area contributed by atoms with Crippen molar-refractivity contribution in [2.24, 2.45) is 0 Å². The molecule has 1 N–H and O–H groups in total. The van der Waals surface area contributed by atoms with Crippen molar-refractivity contribution in [1.29, 1.82) is 0 Å². The first-order chi connectivity index (χ1) is 12.4. The van der Waals surface area contributed by atoms with Crippen molar-refractivity contribution in [3.05, 3.63) is 59.3 Å². The van der Waals surface area contributed by atoms with Crippen molar-refractivity contribution in [2.75, 3.05) is 4.72 Å². The van der Waals surface area contributed by atoms with Gasteiger partial charge >= 0.3 is 0 Å². The zero-order chi connectivity index (χ0) is 18.3. The first-order valence-electron chi connectivity index (χ1n) is 7.86. The van der Waals surface area contributed by atoms with Gasteiger partial charge in [0.25, 0.3) is 10.0 Å². The number of hydrogen-bond acceptors (Lipinski definition) is 6. The zero-order valence-corrected chi connectivity index (χ0v) is 15.7. The number of rotatable bonds is 4. The molecule has 2 aromatic carbocycles. The maximum atomic E-state index is 12.9. The van der Waals surface area contributed by atoms with Crippen LogP contribution in [0.4, 0.5) is 5.69 Å². The van der Waals surface area contributed by atoms with E-state index in [-0.39, 0.29) is 4.90 Å². The van der Waals surface area contributed by atoms with Gasteiger partial charge < -0.3 is 4.52 Å². The van der Waals surface area contributed by atoms with E-state index in [0.717, 1.165) is 10.8 Å². The minimum absolute atomic E-state index is 0.216. The zero-order valence-electron chi connectivity index (χ0n) is 14.1. The van der Waals surface area contributed by atoms with Crippen LogP contribution in [0.15, 0.2) is 57.9 Å². The number of thiophene rings is 1. The fourth-order valence-corrected chi connectivity index (χ4v) is 5.35. The summed E-state index contributed by atoms with van der Waals surface area (Å²) in [6.45, 7) is 3.45. The number of nitrogens with zero attached hydrogens (tertiary/aromatic N) is 2. The fourth-order valence-electron chi connectivity index (χ4n) is 2.76. The smallest absolute Gasteiger partial charge is 0.263 e. The lowest BCUT2D eigenvalue weighted by Crippen LogP contribution is -2.13. The van der Waals surface area contributed by atoms with E-state index in [2.05, 4.69) is 14.9 Å². The van der Waals surface area contributed by atoms with Crippen LogP contribution in [-0.4, -0.2) is 18.6 Å². The third-order valence-electron chi connectivity index (χ3n) is 3.94. The molecule has 0 fully saturated rings. The maximum absolute atomic E-state index is 12.9. The number of aryl methyl sites for hydroxylation is 2. The first kappa shape index (κ1) is 16.7. The summed E-state index contributed by atoms with van der Waals surface area (Å²) in [7, 11) is -3.74. The average molecular weight is 385 g/mol. The maximum Gasteiger partial charge on any atom is 0.263 e. The minimum Gasteiger partial charge on any atom is -0.339 e. The van der Waals surface area contributed by atoms with Crippen LogP contribution in [0.1, 0.15) is 10.8 Å². The quantitative estimate of drug-likeness (QED) is 0.564. The van der Waals surface area contributed by atoms with E-state index in [0.29, 0.717) is 27.2 Å². The molecule has 132 valence electrons. The van der Waals surface area contributed by atoms with E-state index >= 15 is 0 Å². The number of sulfonamides is 1. The Labute approximate surface area is 154 Å². The van der Waals surface area contributed by atoms with Crippen molar-refractivity contribution in [3.8, 4) is 10.7 Å². The van der Waals surface area contributed by atoms with Gasteiger partial charge in [0.05, 0.1) is 10.6 Å². The van der Waals surface area contributed by atoms with Gasteiger partial charge in [-0.1, -0.05) is 41.6 Å². The molecule has 2 heterocycles. The summed E-state index contributed by atoms with van der Waals surface area (Å²) in [5.74, 6) is 0.826. The van der Waals surface area contributed by atoms with Crippen molar-refractivity contribution in [2.45, 2.75) is 18.7 Å². The second-order valence-corrected chi connectivity index (χ2v) is 8.71. The number of aromatic nitrogens is 2. The van der Waals surface area contributed by atoms with Crippen LogP contribution in [0.3, 0.4) is 0 Å². The molecule has 0 saturated heterocycles. The Morgan fingerprint density at radius 2 is 1.85 bits per heavy atom. The second-order valence-electron chi connectivity index (χ2n) is 5.80. The van der Waals surface area contributed by atoms with Crippen molar-refractivity contribution < 1.29 is 12.9 Å². The predicted molar refractivity (Wildman–Crippen MR) is 102 cm³/mol. The molecule has 0 radical (unpaired) electrons. The predicted octanol–water partition coefficient (Wildman–Crippen LogP) is 4.37. The Hall–Kier alpha value is -2.71. The lowest BCUT2D eigenvalue weighted by molar-refractivity contribution is 0.394. The number of benzene rings is 2. The van der Waals surface area contributed by atoms with Crippen LogP contribution in [0.2, 0.25) is 0 Å². The van der Waals surface area contributed by atoms with Gasteiger partial charge in [-0.25, -0.2) is 8.42 Å². The van der Waals surface area contributed by atoms with Crippen LogP contribution < -0.4 is 4.72 Å². The third-order valence-corrected chi connectivity index (χ3v) is 6.61. The Morgan fingerprint density at radius 1 is 1.08 bits per heavy atom. The molecule has 0 aliphatic carbocycles. The Morgan fingerprint density at radius 3 is 2.62 bits per heavy atom. The van der Waals surface area contributed by atoms with E-state index in [4.69, 9.17) is 4.52 Å². The number of hydrogen-bond donors (Lipinski definition) is 1. The molecule has 26 heavy (non-hydrogen) atoms. The number of anilines is 1. The summed E-state index contributed by atoms with van der Waals surface area (Å²) in [5.41, 5.74) is 0.547. The van der Waals surface area contributed by atoms with E-state index in [9.17, 15) is 8.42 Å². The topological polar surface area (TPSA) is 85.1 Å². The molecular weight excluding hydrogens is 370 g/mol. The average Bonchev–Trinajstić information content (AvgIpc) is 3.21. The van der Waals surface area contributed by atoms with Crippen LogP contribution in [0.25, 0.3) is 21.5 Å². The molecular formula is C18H15N3O3S2. The molecule has 0 aliphatic heterocycles. The SMILES string of the molecule is Cc1nc(-c2cc(S(=O)(=O)Nc3cccc4ccccc34)c(C)s2)no1. The summed E-state index contributed by atoms with van der Waals surface area (Å²) in [6.07, 6.45) is 0. The van der Waals surface area contributed by atoms with Gasteiger partial charge in [-0.2, -0.15) is 4.98 Å². The molecule has 0 saturated carbocycles. The van der Waals surface area contributed by atoms with Gasteiger partial charge in [0.1, 0.15) is 4.90 Å². The summed E-state index contributed by atoms with van der Waals surface area (Å²) < 4.78 is 33.6. The summed E-state index contributed by atoms with van der Waals surface area (Å²) >= 11 is 1.32. The van der Waals surface area contributed by atoms with Crippen molar-refractivity contribution >= 4 is 37.8 Å². The monoisotopic (exact) mass is 385 g/mol. The lowest BCUT2D eigenvalue weighted by atomic mass is 10.1. The van der Waals surface area contributed by atoms with E-state index in [1.54, 1.807) is 26.0 Å². The van der Waals surface area contributed by atoms with Gasteiger partial charge in [0, 0.05) is 17.2 Å². The van der Waals surface area contributed by atoms with Gasteiger partial charge in [0.2, 0.25) is 11.7 Å². The van der Waals surface area contributed by atoms with Crippen LogP contribution in [0, 0.1) is 13.8 Å². The van der Waals surface area contributed by atoms with Gasteiger partial charge in [-0.05, 0) is 24.4 Å². The van der Waals surface area contributed by atoms with E-state index in [1.165, 1.54) is 11.3 Å². The molecule has 6 nitrogen and oxygen atoms in total. The fraction of sp³-hybridized carbons (Fsp3) is 0.111. The summed E-state index contributed by atoms with van der Waals surface area (Å²) in [5, 5.41) is 5.67. The Bertz CT molecular complexity index is 1200. The summed E-state index contributed by atoms with van der Waals surface area (Å²) in [4.78, 5) is 5.69. The van der Waals surface area contributed by atoms with E-state index < -0.39 is 10.0 Å². The van der Waals surface area contributed by atoms with Gasteiger partial charge in [-0.15, -0.1) is 11.3 Å². The molecule has 4 rings (SSSR count). The van der Waals surface area contributed by atoms with Gasteiger partial charge in [-0.3, -0.25) is 4.72 Å². The largest absolute Gasteiger partial charge is 0.339 e. The normalized spacial score (nSPS) is 11.8. The van der Waals surface area contributed by atoms with E-state index in [1.807, 2.05) is 36.4 Å². The van der Waals surface area contributed by atoms with Gasteiger partial charge in [0.15, 0.2) is 0 Å². The lowest BCUT2D eigenvalue weighted by Gasteiger charge is -2.10. The highest BCUT2D eigenvalue weighted by Gasteiger charge is 2.22. The molecule has 4 aromatic rings.